The van der Waals surface area contributed by atoms with Gasteiger partial charge in [-0.25, -0.2) is 4.99 Å². The Balaban J connectivity index is 1.67. The second-order valence-corrected chi connectivity index (χ2v) is 7.50. The van der Waals surface area contributed by atoms with E-state index in [1.165, 1.54) is 10.6 Å². The Hall–Kier alpha value is -2.32. The fourth-order valence-electron chi connectivity index (χ4n) is 3.66. The Bertz CT molecular complexity index is 841. The van der Waals surface area contributed by atoms with Gasteiger partial charge in [0.1, 0.15) is 16.8 Å². The van der Waals surface area contributed by atoms with Gasteiger partial charge >= 0.3 is 0 Å². The van der Waals surface area contributed by atoms with E-state index in [2.05, 4.69) is 22.9 Å². The molecular weight excluding hydrogens is 330 g/mol. The van der Waals surface area contributed by atoms with Crippen LogP contribution in [0.1, 0.15) is 48.8 Å². The van der Waals surface area contributed by atoms with Gasteiger partial charge in [-0.1, -0.05) is 30.4 Å². The van der Waals surface area contributed by atoms with Crippen molar-refractivity contribution in [1.82, 2.24) is 0 Å². The minimum absolute atomic E-state index is 0.537. The molecule has 0 unspecified atom stereocenters. The monoisotopic (exact) mass is 351 g/mol. The molecule has 0 amide bonds. The van der Waals surface area contributed by atoms with Gasteiger partial charge in [-0.3, -0.25) is 0 Å². The van der Waals surface area contributed by atoms with Gasteiger partial charge in [-0.05, 0) is 37.3 Å². The average molecular weight is 351 g/mol. The first kappa shape index (κ1) is 16.2. The second-order valence-electron chi connectivity index (χ2n) is 6.52. The molecule has 128 valence electrons. The predicted molar refractivity (Wildman–Crippen MR) is 103 cm³/mol. The van der Waals surface area contributed by atoms with E-state index in [-0.39, 0.29) is 0 Å². The molecule has 3 aliphatic rings. The number of fused-ring (bicyclic) bond motifs is 2. The molecule has 2 aromatic rings. The number of benzene rings is 1. The van der Waals surface area contributed by atoms with Crippen LogP contribution in [0.5, 0.6) is 5.75 Å². The quantitative estimate of drug-likeness (QED) is 0.723. The number of hydrogen-bond acceptors (Lipinski definition) is 5. The molecule has 1 aromatic heterocycles. The van der Waals surface area contributed by atoms with Gasteiger partial charge in [0.25, 0.3) is 0 Å². The molecule has 1 saturated heterocycles. The third kappa shape index (κ3) is 2.91. The normalized spacial score (nSPS) is 16.2. The predicted octanol–water partition coefficient (Wildman–Crippen LogP) is 4.86. The van der Waals surface area contributed by atoms with E-state index in [0.717, 1.165) is 54.2 Å². The number of anilines is 1. The van der Waals surface area contributed by atoms with Gasteiger partial charge in [0.2, 0.25) is 0 Å². The molecule has 4 heterocycles. The standard InChI is InChI=1S/C20H21N3OS/c1-2-11-24-17-6-4-3-5-15(17)13-22-19-16(12-21)18-14-7-9-23(10-8-14)20(18)25-19/h3-6,13-14H,2,7-11H2,1H3. The third-order valence-electron chi connectivity index (χ3n) is 4.91. The Morgan fingerprint density at radius 3 is 2.92 bits per heavy atom. The SMILES string of the molecule is CCCOc1ccccc1C=Nc1sc2c(c1C#N)C1CCN2CC1. The molecule has 0 aliphatic carbocycles. The lowest BCUT2D eigenvalue weighted by Gasteiger charge is -2.39. The van der Waals surface area contributed by atoms with Crippen LogP contribution in [-0.2, 0) is 0 Å². The van der Waals surface area contributed by atoms with E-state index in [1.807, 2.05) is 30.5 Å². The first-order valence-electron chi connectivity index (χ1n) is 8.89. The third-order valence-corrected chi connectivity index (χ3v) is 6.09. The smallest absolute Gasteiger partial charge is 0.136 e. The van der Waals surface area contributed by atoms with Crippen molar-refractivity contribution in [2.24, 2.45) is 4.99 Å². The molecule has 0 N–H and O–H groups in total. The maximum absolute atomic E-state index is 9.70. The summed E-state index contributed by atoms with van der Waals surface area (Å²) in [7, 11) is 0. The molecule has 5 rings (SSSR count). The average Bonchev–Trinajstić information content (AvgIpc) is 3.06. The summed E-state index contributed by atoms with van der Waals surface area (Å²) in [6, 6.07) is 10.3. The van der Waals surface area contributed by atoms with Crippen LogP contribution < -0.4 is 9.64 Å². The van der Waals surface area contributed by atoms with Crippen molar-refractivity contribution in [3.8, 4) is 11.8 Å². The Morgan fingerprint density at radius 2 is 2.16 bits per heavy atom. The van der Waals surface area contributed by atoms with Gasteiger partial charge in [0.05, 0.1) is 17.2 Å². The number of ether oxygens (including phenoxy) is 1. The number of aliphatic imine (C=N–C) groups is 1. The lowest BCUT2D eigenvalue weighted by Crippen LogP contribution is -2.37. The van der Waals surface area contributed by atoms with E-state index in [4.69, 9.17) is 4.74 Å². The highest BCUT2D eigenvalue weighted by molar-refractivity contribution is 7.20. The highest BCUT2D eigenvalue weighted by Gasteiger charge is 2.36. The van der Waals surface area contributed by atoms with E-state index < -0.39 is 0 Å². The van der Waals surface area contributed by atoms with E-state index in [0.29, 0.717) is 12.5 Å². The fraction of sp³-hybridized carbons (Fsp3) is 0.400. The molecule has 0 spiro atoms. The van der Waals surface area contributed by atoms with Gasteiger partial charge in [-0.2, -0.15) is 5.26 Å². The summed E-state index contributed by atoms with van der Waals surface area (Å²) >= 11 is 1.66. The number of nitriles is 1. The van der Waals surface area contributed by atoms with Gasteiger partial charge < -0.3 is 9.64 Å². The van der Waals surface area contributed by atoms with Crippen molar-refractivity contribution in [3.05, 3.63) is 41.0 Å². The summed E-state index contributed by atoms with van der Waals surface area (Å²) in [5.74, 6) is 1.38. The number of thiophene rings is 1. The van der Waals surface area contributed by atoms with Crippen LogP contribution in [0.25, 0.3) is 0 Å². The van der Waals surface area contributed by atoms with Gasteiger partial charge in [0, 0.05) is 30.4 Å². The Labute approximate surface area is 152 Å². The van der Waals surface area contributed by atoms with Crippen LogP contribution in [0.15, 0.2) is 29.3 Å². The van der Waals surface area contributed by atoms with Gasteiger partial charge in [-0.15, -0.1) is 0 Å². The molecule has 1 aromatic carbocycles. The van der Waals surface area contributed by atoms with Crippen LogP contribution in [0.3, 0.4) is 0 Å². The lowest BCUT2D eigenvalue weighted by molar-refractivity contribution is 0.317. The molecule has 0 saturated carbocycles. The molecule has 0 radical (unpaired) electrons. The molecule has 5 heteroatoms. The number of hydrogen-bond donors (Lipinski definition) is 0. The van der Waals surface area contributed by atoms with Crippen molar-refractivity contribution in [1.29, 1.82) is 5.26 Å². The molecular formula is C20H21N3OS. The van der Waals surface area contributed by atoms with Crippen molar-refractivity contribution in [3.63, 3.8) is 0 Å². The minimum atomic E-state index is 0.537. The number of piperidine rings is 1. The van der Waals surface area contributed by atoms with Crippen LogP contribution in [-0.4, -0.2) is 25.9 Å². The van der Waals surface area contributed by atoms with Crippen molar-refractivity contribution in [2.75, 3.05) is 24.6 Å². The molecule has 25 heavy (non-hydrogen) atoms. The molecule has 3 aliphatic heterocycles. The van der Waals surface area contributed by atoms with Crippen LogP contribution in [0, 0.1) is 11.3 Å². The molecule has 1 fully saturated rings. The van der Waals surface area contributed by atoms with Crippen molar-refractivity contribution in [2.45, 2.75) is 32.1 Å². The summed E-state index contributed by atoms with van der Waals surface area (Å²) in [6.07, 6.45) is 5.13. The zero-order valence-electron chi connectivity index (χ0n) is 14.4. The number of rotatable bonds is 5. The van der Waals surface area contributed by atoms with E-state index in [1.54, 1.807) is 11.3 Å². The maximum atomic E-state index is 9.70. The maximum Gasteiger partial charge on any atom is 0.136 e. The number of para-hydroxylation sites is 1. The summed E-state index contributed by atoms with van der Waals surface area (Å²) in [4.78, 5) is 7.10. The zero-order chi connectivity index (χ0) is 17.2. The zero-order valence-corrected chi connectivity index (χ0v) is 15.2. The van der Waals surface area contributed by atoms with Crippen LogP contribution >= 0.6 is 11.3 Å². The van der Waals surface area contributed by atoms with Crippen LogP contribution in [0.4, 0.5) is 10.0 Å². The topological polar surface area (TPSA) is 48.6 Å². The summed E-state index contributed by atoms with van der Waals surface area (Å²) in [5, 5.41) is 11.8. The summed E-state index contributed by atoms with van der Waals surface area (Å²) in [6.45, 7) is 5.01. The highest BCUT2D eigenvalue weighted by Crippen LogP contribution is 2.52. The summed E-state index contributed by atoms with van der Waals surface area (Å²) in [5.41, 5.74) is 2.97. The first-order chi connectivity index (χ1) is 12.3. The largest absolute Gasteiger partial charge is 0.493 e. The molecule has 2 bridgehead atoms. The lowest BCUT2D eigenvalue weighted by atomic mass is 9.84. The van der Waals surface area contributed by atoms with Crippen LogP contribution in [0.2, 0.25) is 0 Å². The molecule has 0 atom stereocenters. The van der Waals surface area contributed by atoms with Crippen molar-refractivity contribution >= 4 is 27.6 Å². The van der Waals surface area contributed by atoms with Crippen molar-refractivity contribution < 1.29 is 4.74 Å². The second kappa shape index (κ2) is 6.89. The summed E-state index contributed by atoms with van der Waals surface area (Å²) < 4.78 is 5.80. The Morgan fingerprint density at radius 1 is 1.36 bits per heavy atom. The van der Waals surface area contributed by atoms with E-state index in [9.17, 15) is 5.26 Å². The minimum Gasteiger partial charge on any atom is -0.493 e. The number of nitrogens with zero attached hydrogens (tertiary/aromatic N) is 3. The molecule has 4 nitrogen and oxygen atoms in total. The highest BCUT2D eigenvalue weighted by atomic mass is 32.1. The van der Waals surface area contributed by atoms with E-state index >= 15 is 0 Å². The fourth-order valence-corrected chi connectivity index (χ4v) is 4.90. The first-order valence-corrected chi connectivity index (χ1v) is 9.71. The van der Waals surface area contributed by atoms with Gasteiger partial charge in [0.15, 0.2) is 0 Å². The Kier molecular flexibility index (Phi) is 4.46.